The van der Waals surface area contributed by atoms with Crippen LogP contribution in [0.15, 0.2) is 24.3 Å². The molecular formula is C17H18N4O2S. The van der Waals surface area contributed by atoms with Crippen LogP contribution in [0.5, 0.6) is 0 Å². The Kier molecular flexibility index (Phi) is 3.60. The van der Waals surface area contributed by atoms with Gasteiger partial charge < -0.3 is 10.2 Å². The highest BCUT2D eigenvalue weighted by Crippen LogP contribution is 2.34. The van der Waals surface area contributed by atoms with Crippen molar-refractivity contribution in [3.8, 4) is 0 Å². The summed E-state index contributed by atoms with van der Waals surface area (Å²) in [6, 6.07) is 6.97. The number of hydrogen-bond donors (Lipinski definition) is 1. The van der Waals surface area contributed by atoms with Crippen molar-refractivity contribution in [1.82, 2.24) is 14.7 Å². The van der Waals surface area contributed by atoms with Gasteiger partial charge in [0.2, 0.25) is 5.91 Å². The number of anilines is 1. The van der Waals surface area contributed by atoms with Gasteiger partial charge in [0.25, 0.3) is 5.91 Å². The zero-order valence-corrected chi connectivity index (χ0v) is 14.4. The molecule has 0 saturated carbocycles. The van der Waals surface area contributed by atoms with Crippen LogP contribution in [0.4, 0.5) is 5.82 Å². The smallest absolute Gasteiger partial charge is 0.255 e. The third-order valence-electron chi connectivity index (χ3n) is 4.65. The maximum absolute atomic E-state index is 12.7. The summed E-state index contributed by atoms with van der Waals surface area (Å²) in [5, 5.41) is 7.42. The third kappa shape index (κ3) is 2.31. The van der Waals surface area contributed by atoms with Crippen LogP contribution in [0, 0.1) is 0 Å². The molecule has 1 atom stereocenters. The van der Waals surface area contributed by atoms with E-state index in [1.807, 2.05) is 31.3 Å². The lowest BCUT2D eigenvalue weighted by atomic mass is 10.1. The first-order chi connectivity index (χ1) is 11.6. The van der Waals surface area contributed by atoms with Crippen molar-refractivity contribution in [2.45, 2.75) is 31.0 Å². The standard InChI is InChI=1S/C17H18N4O2S/c1-10(21-7-11-5-3-4-6-12(11)17(21)23)16(22)18-15-13-8-24-9-14(13)19-20(15)2/h3-6,10H,7-9H2,1-2H3,(H,18,22)/t10-/m0/s1. The van der Waals surface area contributed by atoms with Gasteiger partial charge in [-0.25, -0.2) is 0 Å². The van der Waals surface area contributed by atoms with E-state index in [0.717, 1.165) is 34.1 Å². The lowest BCUT2D eigenvalue weighted by Crippen LogP contribution is -2.42. The number of fused-ring (bicyclic) bond motifs is 2. The molecule has 0 radical (unpaired) electrons. The highest BCUT2D eigenvalue weighted by atomic mass is 32.2. The number of rotatable bonds is 3. The summed E-state index contributed by atoms with van der Waals surface area (Å²) in [5.74, 6) is 2.23. The molecule has 1 aromatic heterocycles. The molecule has 6 nitrogen and oxygen atoms in total. The van der Waals surface area contributed by atoms with Gasteiger partial charge in [0.15, 0.2) is 0 Å². The maximum atomic E-state index is 12.7. The fraction of sp³-hybridized carbons (Fsp3) is 0.353. The van der Waals surface area contributed by atoms with Crippen LogP contribution >= 0.6 is 11.8 Å². The zero-order chi connectivity index (χ0) is 16.8. The highest BCUT2D eigenvalue weighted by molar-refractivity contribution is 7.98. The van der Waals surface area contributed by atoms with Gasteiger partial charge >= 0.3 is 0 Å². The lowest BCUT2D eigenvalue weighted by Gasteiger charge is -2.23. The van der Waals surface area contributed by atoms with Gasteiger partial charge in [0.05, 0.1) is 5.69 Å². The number of carbonyl (C=O) groups excluding carboxylic acids is 2. The average molecular weight is 342 g/mol. The average Bonchev–Trinajstić information content (AvgIpc) is 3.23. The van der Waals surface area contributed by atoms with E-state index >= 15 is 0 Å². The Bertz CT molecular complexity index is 845. The molecule has 0 bridgehead atoms. The van der Waals surface area contributed by atoms with Crippen LogP contribution in [0.2, 0.25) is 0 Å². The Labute approximate surface area is 144 Å². The number of aryl methyl sites for hydroxylation is 1. The van der Waals surface area contributed by atoms with Gasteiger partial charge in [0, 0.05) is 36.2 Å². The van der Waals surface area contributed by atoms with E-state index in [1.54, 1.807) is 28.3 Å². The molecule has 24 heavy (non-hydrogen) atoms. The Morgan fingerprint density at radius 1 is 1.33 bits per heavy atom. The summed E-state index contributed by atoms with van der Waals surface area (Å²) in [6.07, 6.45) is 0. The number of aromatic nitrogens is 2. The van der Waals surface area contributed by atoms with Crippen LogP contribution in [0.3, 0.4) is 0 Å². The monoisotopic (exact) mass is 342 g/mol. The normalized spacial score (nSPS) is 16.9. The minimum Gasteiger partial charge on any atom is -0.323 e. The van der Waals surface area contributed by atoms with Gasteiger partial charge in [-0.15, -0.1) is 0 Å². The molecule has 0 aliphatic carbocycles. The molecule has 0 fully saturated rings. The molecule has 124 valence electrons. The van der Waals surface area contributed by atoms with Crippen molar-refractivity contribution in [3.63, 3.8) is 0 Å². The van der Waals surface area contributed by atoms with Gasteiger partial charge in [-0.1, -0.05) is 18.2 Å². The number of amides is 2. The number of benzene rings is 1. The van der Waals surface area contributed by atoms with Crippen molar-refractivity contribution >= 4 is 29.4 Å². The minimum absolute atomic E-state index is 0.0842. The summed E-state index contributed by atoms with van der Waals surface area (Å²) in [4.78, 5) is 26.8. The molecule has 2 aromatic rings. The molecule has 2 aliphatic heterocycles. The van der Waals surface area contributed by atoms with E-state index in [1.165, 1.54) is 0 Å². The molecule has 0 unspecified atom stereocenters. The fourth-order valence-electron chi connectivity index (χ4n) is 3.25. The van der Waals surface area contributed by atoms with Crippen LogP contribution < -0.4 is 5.32 Å². The van der Waals surface area contributed by atoms with Crippen LogP contribution in [-0.4, -0.2) is 32.5 Å². The van der Waals surface area contributed by atoms with E-state index in [4.69, 9.17) is 0 Å². The van der Waals surface area contributed by atoms with Gasteiger partial charge in [0.1, 0.15) is 11.9 Å². The predicted molar refractivity (Wildman–Crippen MR) is 92.6 cm³/mol. The second-order valence-corrected chi connectivity index (χ2v) is 7.13. The second kappa shape index (κ2) is 5.66. The molecule has 1 aromatic carbocycles. The number of thioether (sulfide) groups is 1. The summed E-state index contributed by atoms with van der Waals surface area (Å²) >= 11 is 1.79. The second-order valence-electron chi connectivity index (χ2n) is 6.15. The fourth-order valence-corrected chi connectivity index (χ4v) is 4.28. The number of nitrogens with zero attached hydrogens (tertiary/aromatic N) is 3. The van der Waals surface area contributed by atoms with Crippen molar-refractivity contribution in [1.29, 1.82) is 0 Å². The predicted octanol–water partition coefficient (Wildman–Crippen LogP) is 2.15. The lowest BCUT2D eigenvalue weighted by molar-refractivity contribution is -0.120. The zero-order valence-electron chi connectivity index (χ0n) is 13.6. The molecule has 0 saturated heterocycles. The van der Waals surface area contributed by atoms with Crippen molar-refractivity contribution < 1.29 is 9.59 Å². The van der Waals surface area contributed by atoms with Gasteiger partial charge in [-0.3, -0.25) is 14.3 Å². The third-order valence-corrected chi connectivity index (χ3v) is 5.62. The summed E-state index contributed by atoms with van der Waals surface area (Å²) < 4.78 is 1.72. The summed E-state index contributed by atoms with van der Waals surface area (Å²) in [7, 11) is 1.83. The molecule has 4 rings (SSSR count). The van der Waals surface area contributed by atoms with E-state index in [9.17, 15) is 9.59 Å². The number of carbonyl (C=O) groups is 2. The van der Waals surface area contributed by atoms with Crippen LogP contribution in [0.25, 0.3) is 0 Å². The molecule has 2 amide bonds. The highest BCUT2D eigenvalue weighted by Gasteiger charge is 2.34. The maximum Gasteiger partial charge on any atom is 0.255 e. The number of hydrogen-bond acceptors (Lipinski definition) is 4. The SMILES string of the molecule is C[C@@H](C(=O)Nc1c2c(nn1C)CSC2)N1Cc2ccccc2C1=O. The Morgan fingerprint density at radius 3 is 2.92 bits per heavy atom. The Hall–Kier alpha value is -2.28. The van der Waals surface area contributed by atoms with E-state index < -0.39 is 6.04 Å². The molecule has 2 aliphatic rings. The first kappa shape index (κ1) is 15.3. The van der Waals surface area contributed by atoms with Crippen molar-refractivity contribution in [2.75, 3.05) is 5.32 Å². The Morgan fingerprint density at radius 2 is 2.12 bits per heavy atom. The van der Waals surface area contributed by atoms with E-state index in [0.29, 0.717) is 12.1 Å². The molecule has 3 heterocycles. The number of nitrogens with one attached hydrogen (secondary N) is 1. The Balaban J connectivity index is 1.53. The quantitative estimate of drug-likeness (QED) is 0.928. The summed E-state index contributed by atoms with van der Waals surface area (Å²) in [5.41, 5.74) is 3.80. The summed E-state index contributed by atoms with van der Waals surface area (Å²) in [6.45, 7) is 2.24. The van der Waals surface area contributed by atoms with Crippen LogP contribution in [0.1, 0.15) is 34.1 Å². The van der Waals surface area contributed by atoms with Crippen LogP contribution in [-0.2, 0) is 29.9 Å². The molecule has 7 heteroatoms. The molecule has 1 N–H and O–H groups in total. The minimum atomic E-state index is -0.537. The van der Waals surface area contributed by atoms with Gasteiger partial charge in [-0.05, 0) is 18.6 Å². The first-order valence-electron chi connectivity index (χ1n) is 7.88. The largest absolute Gasteiger partial charge is 0.323 e. The van der Waals surface area contributed by atoms with Crippen molar-refractivity contribution in [3.05, 3.63) is 46.6 Å². The topological polar surface area (TPSA) is 67.2 Å². The molecular weight excluding hydrogens is 324 g/mol. The van der Waals surface area contributed by atoms with E-state index in [-0.39, 0.29) is 11.8 Å². The molecule has 0 spiro atoms. The van der Waals surface area contributed by atoms with Crippen molar-refractivity contribution in [2.24, 2.45) is 7.05 Å². The van der Waals surface area contributed by atoms with Gasteiger partial charge in [-0.2, -0.15) is 16.9 Å². The first-order valence-corrected chi connectivity index (χ1v) is 9.04. The van der Waals surface area contributed by atoms with E-state index in [2.05, 4.69) is 10.4 Å².